The number of pyridine rings is 1. The summed E-state index contributed by atoms with van der Waals surface area (Å²) in [6.45, 7) is 1.88. The second-order valence-electron chi connectivity index (χ2n) is 5.51. The van der Waals surface area contributed by atoms with Gasteiger partial charge in [-0.25, -0.2) is 0 Å². The fourth-order valence-electron chi connectivity index (χ4n) is 2.96. The number of hydrogen-bond donors (Lipinski definition) is 1. The van der Waals surface area contributed by atoms with Crippen molar-refractivity contribution in [3.63, 3.8) is 0 Å². The minimum atomic E-state index is 0.0792. The number of aromatic nitrogens is 1. The Kier molecular flexibility index (Phi) is 4.34. The number of nitrogens with one attached hydrogen (secondary N) is 1. The molecule has 2 heterocycles. The predicted octanol–water partition coefficient (Wildman–Crippen LogP) is 4.82. The topological polar surface area (TPSA) is 42.0 Å². The summed E-state index contributed by atoms with van der Waals surface area (Å²) in [4.78, 5) is 17.0. The minimum absolute atomic E-state index is 0.0792. The Bertz CT molecular complexity index is 615. The Morgan fingerprint density at radius 2 is 2.05 bits per heavy atom. The molecule has 3 nitrogen and oxygen atoms in total. The zero-order valence-corrected chi connectivity index (χ0v) is 13.1. The van der Waals surface area contributed by atoms with Crippen LogP contribution in [0.3, 0.4) is 0 Å². The number of hydrogen-bond acceptors (Lipinski definition) is 3. The number of thiophene rings is 1. The molecule has 1 fully saturated rings. The fraction of sp³-hybridized carbons (Fsp3) is 0.412. The first-order valence-corrected chi connectivity index (χ1v) is 8.43. The molecule has 0 spiro atoms. The molecular formula is C17H20N2OS. The van der Waals surface area contributed by atoms with Crippen LogP contribution in [0.2, 0.25) is 0 Å². The molecule has 0 radical (unpaired) electrons. The zero-order chi connectivity index (χ0) is 14.7. The highest BCUT2D eigenvalue weighted by atomic mass is 32.1. The van der Waals surface area contributed by atoms with E-state index in [1.807, 2.05) is 19.3 Å². The molecule has 0 atom stereocenters. The lowest BCUT2D eigenvalue weighted by molar-refractivity contribution is -0.115. The Labute approximate surface area is 129 Å². The van der Waals surface area contributed by atoms with Crippen molar-refractivity contribution in [2.24, 2.45) is 0 Å². The molecule has 21 heavy (non-hydrogen) atoms. The SMILES string of the molecule is CCC(=O)Nc1cc(C2CCCC2)c(-c2ccncc2)s1. The normalized spacial score (nSPS) is 15.3. The Morgan fingerprint density at radius 3 is 2.71 bits per heavy atom. The molecule has 0 aromatic carbocycles. The number of nitrogens with zero attached hydrogens (tertiary/aromatic N) is 1. The van der Waals surface area contributed by atoms with Crippen molar-refractivity contribution in [3.8, 4) is 10.4 Å². The van der Waals surface area contributed by atoms with Gasteiger partial charge in [-0.2, -0.15) is 0 Å². The summed E-state index contributed by atoms with van der Waals surface area (Å²) < 4.78 is 0. The Morgan fingerprint density at radius 1 is 1.33 bits per heavy atom. The van der Waals surface area contributed by atoms with Crippen LogP contribution in [0.15, 0.2) is 30.6 Å². The molecule has 1 aliphatic rings. The standard InChI is InChI=1S/C17H20N2OS/c1-2-15(20)19-16-11-14(12-5-3-4-6-12)17(21-16)13-7-9-18-10-8-13/h7-12H,2-6H2,1H3,(H,19,20). The molecule has 1 amide bonds. The van der Waals surface area contributed by atoms with E-state index in [1.165, 1.54) is 41.7 Å². The summed E-state index contributed by atoms with van der Waals surface area (Å²) in [5, 5.41) is 3.98. The van der Waals surface area contributed by atoms with Crippen LogP contribution < -0.4 is 5.32 Å². The van der Waals surface area contributed by atoms with Gasteiger partial charge in [0.15, 0.2) is 0 Å². The fourth-order valence-corrected chi connectivity index (χ4v) is 4.13. The molecule has 1 aliphatic carbocycles. The molecule has 0 saturated heterocycles. The van der Waals surface area contributed by atoms with E-state index in [9.17, 15) is 4.79 Å². The van der Waals surface area contributed by atoms with Crippen LogP contribution in [0.4, 0.5) is 5.00 Å². The van der Waals surface area contributed by atoms with Crippen LogP contribution in [0, 0.1) is 0 Å². The van der Waals surface area contributed by atoms with Gasteiger partial charge in [0.05, 0.1) is 5.00 Å². The second kappa shape index (κ2) is 6.39. The highest BCUT2D eigenvalue weighted by Gasteiger charge is 2.23. The first-order valence-electron chi connectivity index (χ1n) is 7.62. The number of carbonyl (C=O) groups excluding carboxylic acids is 1. The van der Waals surface area contributed by atoms with E-state index in [0.29, 0.717) is 12.3 Å². The molecule has 4 heteroatoms. The largest absolute Gasteiger partial charge is 0.318 e. The molecule has 2 aromatic rings. The summed E-state index contributed by atoms with van der Waals surface area (Å²) >= 11 is 1.68. The van der Waals surface area contributed by atoms with Gasteiger partial charge in [0, 0.05) is 23.7 Å². The van der Waals surface area contributed by atoms with Crippen LogP contribution in [0.1, 0.15) is 50.5 Å². The third-order valence-electron chi connectivity index (χ3n) is 4.08. The summed E-state index contributed by atoms with van der Waals surface area (Å²) in [5.41, 5.74) is 2.60. The number of carbonyl (C=O) groups is 1. The van der Waals surface area contributed by atoms with Crippen molar-refractivity contribution >= 4 is 22.2 Å². The van der Waals surface area contributed by atoms with Crippen LogP contribution in [0.5, 0.6) is 0 Å². The lowest BCUT2D eigenvalue weighted by Crippen LogP contribution is -2.07. The van der Waals surface area contributed by atoms with Crippen molar-refractivity contribution in [3.05, 3.63) is 36.2 Å². The average molecular weight is 300 g/mol. The summed E-state index contributed by atoms with van der Waals surface area (Å²) in [6, 6.07) is 6.29. The maximum atomic E-state index is 11.6. The van der Waals surface area contributed by atoms with Gasteiger partial charge >= 0.3 is 0 Å². The van der Waals surface area contributed by atoms with E-state index >= 15 is 0 Å². The van der Waals surface area contributed by atoms with Crippen LogP contribution in [-0.4, -0.2) is 10.9 Å². The molecule has 110 valence electrons. The predicted molar refractivity (Wildman–Crippen MR) is 87.7 cm³/mol. The van der Waals surface area contributed by atoms with Gasteiger partial charge in [-0.1, -0.05) is 19.8 Å². The van der Waals surface area contributed by atoms with Gasteiger partial charge in [0.25, 0.3) is 0 Å². The van der Waals surface area contributed by atoms with E-state index in [-0.39, 0.29) is 5.91 Å². The number of anilines is 1. The molecule has 2 aromatic heterocycles. The van der Waals surface area contributed by atoms with Crippen molar-refractivity contribution in [2.75, 3.05) is 5.32 Å². The quantitative estimate of drug-likeness (QED) is 0.880. The average Bonchev–Trinajstić information content (AvgIpc) is 3.16. The van der Waals surface area contributed by atoms with Gasteiger partial charge < -0.3 is 5.32 Å². The van der Waals surface area contributed by atoms with E-state index < -0.39 is 0 Å². The molecular weight excluding hydrogens is 280 g/mol. The molecule has 1 saturated carbocycles. The van der Waals surface area contributed by atoms with Gasteiger partial charge in [0.2, 0.25) is 5.91 Å². The van der Waals surface area contributed by atoms with E-state index in [0.717, 1.165) is 5.00 Å². The van der Waals surface area contributed by atoms with Gasteiger partial charge in [-0.3, -0.25) is 9.78 Å². The summed E-state index contributed by atoms with van der Waals surface area (Å²) in [6.07, 6.45) is 9.32. The van der Waals surface area contributed by atoms with Gasteiger partial charge in [-0.05, 0) is 48.1 Å². The molecule has 0 unspecified atom stereocenters. The highest BCUT2D eigenvalue weighted by molar-refractivity contribution is 7.19. The molecule has 3 rings (SSSR count). The lowest BCUT2D eigenvalue weighted by Gasteiger charge is -2.10. The first kappa shape index (κ1) is 14.3. The summed E-state index contributed by atoms with van der Waals surface area (Å²) in [5.74, 6) is 0.715. The minimum Gasteiger partial charge on any atom is -0.318 e. The monoisotopic (exact) mass is 300 g/mol. The van der Waals surface area contributed by atoms with E-state index in [4.69, 9.17) is 0 Å². The third kappa shape index (κ3) is 3.16. The third-order valence-corrected chi connectivity index (χ3v) is 5.20. The maximum absolute atomic E-state index is 11.6. The first-order chi connectivity index (χ1) is 10.3. The van der Waals surface area contributed by atoms with Crippen LogP contribution in [-0.2, 0) is 4.79 Å². The lowest BCUT2D eigenvalue weighted by atomic mass is 9.96. The van der Waals surface area contributed by atoms with Crippen molar-refractivity contribution in [2.45, 2.75) is 44.9 Å². The zero-order valence-electron chi connectivity index (χ0n) is 12.3. The number of rotatable bonds is 4. The number of amides is 1. The Hall–Kier alpha value is -1.68. The second-order valence-corrected chi connectivity index (χ2v) is 6.57. The molecule has 0 aliphatic heterocycles. The molecule has 0 bridgehead atoms. The van der Waals surface area contributed by atoms with E-state index in [2.05, 4.69) is 28.5 Å². The smallest absolute Gasteiger partial charge is 0.224 e. The van der Waals surface area contributed by atoms with Gasteiger partial charge in [0.1, 0.15) is 0 Å². The van der Waals surface area contributed by atoms with Crippen LogP contribution >= 0.6 is 11.3 Å². The Balaban J connectivity index is 1.97. The highest BCUT2D eigenvalue weighted by Crippen LogP contribution is 2.45. The molecule has 1 N–H and O–H groups in total. The van der Waals surface area contributed by atoms with E-state index in [1.54, 1.807) is 11.3 Å². The van der Waals surface area contributed by atoms with Crippen molar-refractivity contribution < 1.29 is 4.79 Å². The van der Waals surface area contributed by atoms with Gasteiger partial charge in [-0.15, -0.1) is 11.3 Å². The summed E-state index contributed by atoms with van der Waals surface area (Å²) in [7, 11) is 0. The maximum Gasteiger partial charge on any atom is 0.224 e. The van der Waals surface area contributed by atoms with Crippen molar-refractivity contribution in [1.82, 2.24) is 4.98 Å². The van der Waals surface area contributed by atoms with Crippen LogP contribution in [0.25, 0.3) is 10.4 Å². The van der Waals surface area contributed by atoms with Crippen molar-refractivity contribution in [1.29, 1.82) is 0 Å².